The van der Waals surface area contributed by atoms with Crippen LogP contribution in [-0.2, 0) is 16.1 Å². The molecule has 0 bridgehead atoms. The van der Waals surface area contributed by atoms with Gasteiger partial charge in [-0.1, -0.05) is 0 Å². The number of nitrogen functional groups attached to an aromatic ring is 1. The third kappa shape index (κ3) is 5.99. The fraction of sp³-hybridized carbons (Fsp3) is 0.588. The molecular weight excluding hydrogens is 356 g/mol. The number of hydrogen-bond acceptors (Lipinski definition) is 6. The molecule has 9 heteroatoms. The number of thiophene rings is 1. The van der Waals surface area contributed by atoms with Gasteiger partial charge in [0.05, 0.1) is 13.7 Å². The number of quaternary nitrogens is 1. The van der Waals surface area contributed by atoms with Crippen LogP contribution in [0.2, 0.25) is 0 Å². The molecule has 0 radical (unpaired) electrons. The van der Waals surface area contributed by atoms with Crippen LogP contribution < -0.4 is 21.3 Å². The molecule has 0 fully saturated rings. The smallest absolute Gasteiger partial charge is 0.341 e. The summed E-state index contributed by atoms with van der Waals surface area (Å²) >= 11 is 1.05. The Morgan fingerprint density at radius 3 is 2.38 bits per heavy atom. The molecule has 0 aliphatic carbocycles. The van der Waals surface area contributed by atoms with Crippen LogP contribution in [0.4, 0.5) is 5.00 Å². The van der Waals surface area contributed by atoms with Gasteiger partial charge in [-0.2, -0.15) is 0 Å². The maximum atomic E-state index is 12.3. The van der Waals surface area contributed by atoms with Gasteiger partial charge in [0.25, 0.3) is 11.8 Å². The molecule has 2 amide bonds. The Kier molecular flexibility index (Phi) is 7.58. The second-order valence-electron chi connectivity index (χ2n) is 7.06. The number of anilines is 1. The van der Waals surface area contributed by atoms with Crippen molar-refractivity contribution in [2.24, 2.45) is 0 Å². The number of hydrogen-bond donors (Lipinski definition) is 4. The quantitative estimate of drug-likeness (QED) is 0.485. The van der Waals surface area contributed by atoms with Crippen LogP contribution >= 0.6 is 11.3 Å². The molecular formula is C17H29N4O4S+. The predicted molar refractivity (Wildman–Crippen MR) is 101 cm³/mol. The highest BCUT2D eigenvalue weighted by molar-refractivity contribution is 7.18. The van der Waals surface area contributed by atoms with Gasteiger partial charge in [-0.25, -0.2) is 4.79 Å². The average molecular weight is 386 g/mol. The van der Waals surface area contributed by atoms with E-state index in [4.69, 9.17) is 10.5 Å². The molecule has 5 N–H and O–H groups in total. The third-order valence-corrected chi connectivity index (χ3v) is 4.46. The fourth-order valence-corrected chi connectivity index (χ4v) is 3.50. The van der Waals surface area contributed by atoms with Crippen molar-refractivity contribution < 1.29 is 24.0 Å². The summed E-state index contributed by atoms with van der Waals surface area (Å²) in [5.74, 6) is -0.991. The molecule has 0 aromatic carbocycles. The van der Waals surface area contributed by atoms with Crippen LogP contribution in [0, 0.1) is 0 Å². The first kappa shape index (κ1) is 21.9. The first-order valence-electron chi connectivity index (χ1n) is 8.42. The standard InChI is InChI=1S/C17H28N4O4S/c1-7-25-16(24)12-10(13(15(23)19-5)26-14(12)18)8-21(6)9-11(22)20-17(2,3)4/h7-9,18H2,1-6H3,(H,19,23)(H,20,22)/p+1. The summed E-state index contributed by atoms with van der Waals surface area (Å²) in [6.45, 7) is 8.12. The lowest BCUT2D eigenvalue weighted by Crippen LogP contribution is -3.09. The lowest BCUT2D eigenvalue weighted by atomic mass is 10.1. The van der Waals surface area contributed by atoms with E-state index in [0.29, 0.717) is 17.0 Å². The molecule has 1 atom stereocenters. The van der Waals surface area contributed by atoms with Crippen LogP contribution in [0.25, 0.3) is 0 Å². The van der Waals surface area contributed by atoms with E-state index in [1.54, 1.807) is 6.92 Å². The maximum Gasteiger partial charge on any atom is 0.341 e. The Labute approximate surface area is 158 Å². The molecule has 8 nitrogen and oxygen atoms in total. The van der Waals surface area contributed by atoms with E-state index in [1.807, 2.05) is 27.8 Å². The van der Waals surface area contributed by atoms with Crippen molar-refractivity contribution in [2.75, 3.05) is 33.0 Å². The molecule has 0 aliphatic heterocycles. The Hall–Kier alpha value is -2.13. The Morgan fingerprint density at radius 2 is 1.88 bits per heavy atom. The molecule has 1 heterocycles. The van der Waals surface area contributed by atoms with E-state index in [2.05, 4.69) is 10.6 Å². The van der Waals surface area contributed by atoms with E-state index in [-0.39, 0.29) is 41.1 Å². The second kappa shape index (κ2) is 9.00. The molecule has 0 saturated carbocycles. The summed E-state index contributed by atoms with van der Waals surface area (Å²) in [5.41, 5.74) is 6.37. The number of nitrogens with one attached hydrogen (secondary N) is 3. The molecule has 1 rings (SSSR count). The number of esters is 1. The molecule has 1 aromatic heterocycles. The van der Waals surface area contributed by atoms with E-state index in [0.717, 1.165) is 16.2 Å². The van der Waals surface area contributed by atoms with Gasteiger partial charge < -0.3 is 26.0 Å². The van der Waals surface area contributed by atoms with Gasteiger partial charge in [-0.05, 0) is 27.7 Å². The van der Waals surface area contributed by atoms with Gasteiger partial charge in [-0.3, -0.25) is 9.59 Å². The van der Waals surface area contributed by atoms with E-state index in [1.165, 1.54) is 7.05 Å². The van der Waals surface area contributed by atoms with Crippen LogP contribution in [-0.4, -0.2) is 50.6 Å². The minimum atomic E-state index is -0.557. The van der Waals surface area contributed by atoms with E-state index < -0.39 is 5.97 Å². The van der Waals surface area contributed by atoms with Crippen molar-refractivity contribution in [1.29, 1.82) is 0 Å². The summed E-state index contributed by atoms with van der Waals surface area (Å²) in [5, 5.41) is 5.69. The largest absolute Gasteiger partial charge is 0.462 e. The van der Waals surface area contributed by atoms with Crippen molar-refractivity contribution in [3.8, 4) is 0 Å². The summed E-state index contributed by atoms with van der Waals surface area (Å²) < 4.78 is 5.07. The number of ether oxygens (including phenoxy) is 1. The lowest BCUT2D eigenvalue weighted by molar-refractivity contribution is -0.885. The first-order valence-corrected chi connectivity index (χ1v) is 9.24. The predicted octanol–water partition coefficient (Wildman–Crippen LogP) is -0.204. The van der Waals surface area contributed by atoms with Crippen molar-refractivity contribution in [3.63, 3.8) is 0 Å². The molecule has 146 valence electrons. The Bertz CT molecular complexity index is 679. The summed E-state index contributed by atoms with van der Waals surface area (Å²) in [6.07, 6.45) is 0. The van der Waals surface area contributed by atoms with Crippen molar-refractivity contribution in [1.82, 2.24) is 10.6 Å². The number of amides is 2. The summed E-state index contributed by atoms with van der Waals surface area (Å²) in [6, 6.07) is 0. The van der Waals surface area contributed by atoms with Gasteiger partial charge in [-0.15, -0.1) is 11.3 Å². The highest BCUT2D eigenvalue weighted by atomic mass is 32.1. The van der Waals surface area contributed by atoms with Crippen LogP contribution in [0.5, 0.6) is 0 Å². The Morgan fingerprint density at radius 1 is 1.27 bits per heavy atom. The maximum absolute atomic E-state index is 12.3. The average Bonchev–Trinajstić information content (AvgIpc) is 2.80. The monoisotopic (exact) mass is 385 g/mol. The number of nitrogens with two attached hydrogens (primary N) is 1. The minimum absolute atomic E-state index is 0.114. The molecule has 1 aromatic rings. The first-order chi connectivity index (χ1) is 12.0. The highest BCUT2D eigenvalue weighted by Crippen LogP contribution is 2.31. The van der Waals surface area contributed by atoms with Crippen LogP contribution in [0.3, 0.4) is 0 Å². The molecule has 1 unspecified atom stereocenters. The topological polar surface area (TPSA) is 115 Å². The number of carbonyl (C=O) groups is 3. The van der Waals surface area contributed by atoms with Crippen LogP contribution in [0.1, 0.15) is 53.3 Å². The number of likely N-dealkylation sites (N-methyl/N-ethyl adjacent to an activating group) is 1. The van der Waals surface area contributed by atoms with Gasteiger partial charge in [0.15, 0.2) is 6.54 Å². The molecule has 0 spiro atoms. The minimum Gasteiger partial charge on any atom is -0.462 e. The molecule has 26 heavy (non-hydrogen) atoms. The van der Waals surface area contributed by atoms with Gasteiger partial charge >= 0.3 is 5.97 Å². The highest BCUT2D eigenvalue weighted by Gasteiger charge is 2.29. The molecule has 0 saturated heterocycles. The SMILES string of the molecule is CCOC(=O)c1c(N)sc(C(=O)NC)c1C[NH+](C)CC(=O)NC(C)(C)C. The van der Waals surface area contributed by atoms with Crippen molar-refractivity contribution in [2.45, 2.75) is 39.8 Å². The zero-order valence-electron chi connectivity index (χ0n) is 16.2. The summed E-state index contributed by atoms with van der Waals surface area (Å²) in [7, 11) is 3.33. The van der Waals surface area contributed by atoms with Crippen molar-refractivity contribution in [3.05, 3.63) is 16.0 Å². The molecule has 0 aliphatic rings. The van der Waals surface area contributed by atoms with E-state index in [9.17, 15) is 14.4 Å². The zero-order valence-corrected chi connectivity index (χ0v) is 17.1. The van der Waals surface area contributed by atoms with Crippen molar-refractivity contribution >= 4 is 34.1 Å². The van der Waals surface area contributed by atoms with E-state index >= 15 is 0 Å². The van der Waals surface area contributed by atoms with Gasteiger partial charge in [0, 0.05) is 18.2 Å². The van der Waals surface area contributed by atoms with Gasteiger partial charge in [0.1, 0.15) is 22.0 Å². The third-order valence-electron chi connectivity index (χ3n) is 3.40. The second-order valence-corrected chi connectivity index (χ2v) is 8.11. The fourth-order valence-electron chi connectivity index (χ4n) is 2.48. The normalized spacial score (nSPS) is 12.4. The van der Waals surface area contributed by atoms with Crippen LogP contribution in [0.15, 0.2) is 0 Å². The summed E-state index contributed by atoms with van der Waals surface area (Å²) in [4.78, 5) is 37.8. The Balaban J connectivity index is 3.10. The number of carbonyl (C=O) groups excluding carboxylic acids is 3. The number of rotatable bonds is 7. The van der Waals surface area contributed by atoms with Gasteiger partial charge in [0.2, 0.25) is 0 Å². The lowest BCUT2D eigenvalue weighted by Gasteiger charge is -2.22. The zero-order chi connectivity index (χ0) is 20.1.